The van der Waals surface area contributed by atoms with Crippen molar-refractivity contribution in [1.82, 2.24) is 4.98 Å². The Bertz CT molecular complexity index is 1070. The minimum atomic E-state index is -1.21. The van der Waals surface area contributed by atoms with E-state index in [9.17, 15) is 24.0 Å². The molecule has 2 rings (SSSR count). The molecular weight excluding hydrogens is 520 g/mol. The van der Waals surface area contributed by atoms with E-state index in [0.717, 1.165) is 16.5 Å². The number of carboxylic acids is 4. The number of aromatic amines is 1. The van der Waals surface area contributed by atoms with Crippen molar-refractivity contribution >= 4 is 40.7 Å². The van der Waals surface area contributed by atoms with Gasteiger partial charge in [0.2, 0.25) is 5.91 Å². The highest BCUT2D eigenvalue weighted by Gasteiger charge is 2.15. The zero-order valence-corrected chi connectivity index (χ0v) is 21.6. The number of amides is 1. The molecule has 39 heavy (non-hydrogen) atoms. The highest BCUT2D eigenvalue weighted by Crippen LogP contribution is 2.18. The second-order valence-corrected chi connectivity index (χ2v) is 8.36. The number of rotatable bonds is 10. The Labute approximate surface area is 223 Å². The Morgan fingerprint density at radius 3 is 1.59 bits per heavy atom. The van der Waals surface area contributed by atoms with Gasteiger partial charge >= 0.3 is 23.9 Å². The number of hydrogen-bond acceptors (Lipinski definition) is 10. The molecule has 16 N–H and O–H groups in total. The number of H-pyrrole nitrogens is 1. The molecule has 1 aromatic heterocycles. The number of carboxylic acid groups (broad SMARTS) is 4. The van der Waals surface area contributed by atoms with Gasteiger partial charge in [0.25, 0.3) is 0 Å². The largest absolute Gasteiger partial charge is 0.480 e. The first-order chi connectivity index (χ1) is 18.0. The Kier molecular flexibility index (Phi) is 18.1. The van der Waals surface area contributed by atoms with Gasteiger partial charge in [0.1, 0.15) is 24.2 Å². The number of carbonyl (C=O) groups excluding carboxylic acids is 1. The van der Waals surface area contributed by atoms with Gasteiger partial charge in [0.05, 0.1) is 13.0 Å². The van der Waals surface area contributed by atoms with Crippen molar-refractivity contribution in [1.29, 1.82) is 0 Å². The van der Waals surface area contributed by atoms with Crippen molar-refractivity contribution in [3.63, 3.8) is 0 Å². The Morgan fingerprint density at radius 2 is 1.28 bits per heavy atom. The van der Waals surface area contributed by atoms with Gasteiger partial charge in [-0.2, -0.15) is 0 Å². The lowest BCUT2D eigenvalue weighted by molar-refractivity contribution is -0.140. The van der Waals surface area contributed by atoms with Gasteiger partial charge in [0, 0.05) is 23.5 Å². The van der Waals surface area contributed by atoms with Gasteiger partial charge in [-0.05, 0) is 17.5 Å². The molecule has 0 radical (unpaired) electrons. The molecule has 0 saturated carbocycles. The van der Waals surface area contributed by atoms with Gasteiger partial charge < -0.3 is 59.2 Å². The van der Waals surface area contributed by atoms with E-state index in [-0.39, 0.29) is 12.3 Å². The average molecular weight is 559 g/mol. The van der Waals surface area contributed by atoms with Crippen LogP contribution in [0.4, 0.5) is 0 Å². The second kappa shape index (κ2) is 19.0. The minimum absolute atomic E-state index is 0.0208. The Hall–Kier alpha value is -4.09. The van der Waals surface area contributed by atoms with Crippen molar-refractivity contribution < 1.29 is 49.5 Å². The zero-order chi connectivity index (χ0) is 30.9. The second-order valence-electron chi connectivity index (χ2n) is 8.36. The third-order valence-corrected chi connectivity index (χ3v) is 4.69. The number of nitrogens with two attached hydrogens (primary N) is 5. The van der Waals surface area contributed by atoms with Crippen molar-refractivity contribution in [2.24, 2.45) is 34.6 Å². The molecular formula is C23H38N6O10. The SMILES string of the molecule is CC(C)C(N)C(=O)O.NC(=O)CC(N)C(=O)O.NC(CO)C(=O)O.NC(Cc1c[nH]c2ccccc12)C(=O)O. The number of primary amides is 1. The van der Waals surface area contributed by atoms with Gasteiger partial charge in [-0.3, -0.25) is 24.0 Å². The summed E-state index contributed by atoms with van der Waals surface area (Å²) in [5.74, 6) is -4.98. The summed E-state index contributed by atoms with van der Waals surface area (Å²) in [7, 11) is 0. The number of aliphatic hydroxyl groups is 1. The van der Waals surface area contributed by atoms with Crippen LogP contribution in [-0.2, 0) is 30.4 Å². The summed E-state index contributed by atoms with van der Waals surface area (Å²) in [5, 5.41) is 42.0. The highest BCUT2D eigenvalue weighted by molar-refractivity contribution is 5.84. The molecule has 0 aliphatic heterocycles. The maximum Gasteiger partial charge on any atom is 0.322 e. The fourth-order valence-corrected chi connectivity index (χ4v) is 2.29. The number of aliphatic carboxylic acids is 4. The normalized spacial score (nSPS) is 13.1. The number of benzene rings is 1. The molecule has 16 nitrogen and oxygen atoms in total. The van der Waals surface area contributed by atoms with E-state index >= 15 is 0 Å². The molecule has 220 valence electrons. The first kappa shape index (κ1) is 37.1. The molecule has 16 heteroatoms. The van der Waals surface area contributed by atoms with Crippen LogP contribution in [0.1, 0.15) is 25.8 Å². The Morgan fingerprint density at radius 1 is 0.795 bits per heavy atom. The number of aromatic nitrogens is 1. The number of para-hydroxylation sites is 1. The fraction of sp³-hybridized carbons (Fsp3) is 0.435. The van der Waals surface area contributed by atoms with Crippen LogP contribution in [0.25, 0.3) is 10.9 Å². The molecule has 0 spiro atoms. The maximum absolute atomic E-state index is 10.6. The van der Waals surface area contributed by atoms with Crippen LogP contribution in [0, 0.1) is 5.92 Å². The summed E-state index contributed by atoms with van der Waals surface area (Å²) in [6.07, 6.45) is 1.85. The van der Waals surface area contributed by atoms with Crippen molar-refractivity contribution in [2.75, 3.05) is 6.61 Å². The minimum Gasteiger partial charge on any atom is -0.480 e. The predicted molar refractivity (Wildman–Crippen MR) is 140 cm³/mol. The summed E-state index contributed by atoms with van der Waals surface area (Å²) in [6.45, 7) is 3.05. The van der Waals surface area contributed by atoms with E-state index < -0.39 is 60.6 Å². The molecule has 4 atom stereocenters. The van der Waals surface area contributed by atoms with E-state index in [1.165, 1.54) is 0 Å². The summed E-state index contributed by atoms with van der Waals surface area (Å²) in [6, 6.07) is 3.91. The molecule has 1 aromatic carbocycles. The number of nitrogens with one attached hydrogen (secondary N) is 1. The predicted octanol–water partition coefficient (Wildman–Crippen LogP) is -2.16. The summed E-state index contributed by atoms with van der Waals surface area (Å²) < 4.78 is 0. The lowest BCUT2D eigenvalue weighted by Crippen LogP contribution is -2.34. The van der Waals surface area contributed by atoms with Crippen LogP contribution in [0.5, 0.6) is 0 Å². The van der Waals surface area contributed by atoms with Crippen LogP contribution in [0.15, 0.2) is 30.5 Å². The van der Waals surface area contributed by atoms with E-state index in [4.69, 9.17) is 48.5 Å². The van der Waals surface area contributed by atoms with Crippen molar-refractivity contribution in [3.8, 4) is 0 Å². The van der Waals surface area contributed by atoms with Crippen molar-refractivity contribution in [3.05, 3.63) is 36.0 Å². The van der Waals surface area contributed by atoms with E-state index in [0.29, 0.717) is 6.42 Å². The van der Waals surface area contributed by atoms with Gasteiger partial charge in [-0.15, -0.1) is 0 Å². The van der Waals surface area contributed by atoms with Crippen LogP contribution in [0.2, 0.25) is 0 Å². The summed E-state index contributed by atoms with van der Waals surface area (Å²) in [4.78, 5) is 53.3. The molecule has 4 unspecified atom stereocenters. The molecule has 0 aliphatic carbocycles. The van der Waals surface area contributed by atoms with Crippen LogP contribution < -0.4 is 28.7 Å². The standard InChI is InChI=1S/C11H12N2O2.C5H11NO2.C4H8N2O3.C3H7NO3/c12-9(11(14)15)5-7-6-13-10-4-2-1-3-8(7)10;1-3(2)4(6)5(7)8;5-2(4(8)9)1-3(6)7;4-2(1-5)3(6)7/h1-4,6,9,13H,5,12H2,(H,14,15);3-4H,6H2,1-2H3,(H,7,8);2H,1,5H2,(H2,6,7)(H,8,9);2,5H,1,4H2,(H,6,7). The summed E-state index contributed by atoms with van der Waals surface area (Å²) >= 11 is 0. The monoisotopic (exact) mass is 558 g/mol. The quantitative estimate of drug-likeness (QED) is 0.148. The first-order valence-corrected chi connectivity index (χ1v) is 11.3. The average Bonchev–Trinajstić information content (AvgIpc) is 3.26. The molecule has 0 bridgehead atoms. The lowest BCUT2D eigenvalue weighted by atomic mass is 10.1. The topological polar surface area (TPSA) is 332 Å². The van der Waals surface area contributed by atoms with Crippen LogP contribution >= 0.6 is 0 Å². The Balaban J connectivity index is 0. The molecule has 0 aliphatic rings. The summed E-state index contributed by atoms with van der Waals surface area (Å²) in [5.41, 5.74) is 26.9. The van der Waals surface area contributed by atoms with Crippen LogP contribution in [0.3, 0.4) is 0 Å². The van der Waals surface area contributed by atoms with E-state index in [2.05, 4.69) is 10.7 Å². The third-order valence-electron chi connectivity index (χ3n) is 4.69. The lowest BCUT2D eigenvalue weighted by Gasteiger charge is -2.07. The zero-order valence-electron chi connectivity index (χ0n) is 21.6. The first-order valence-electron chi connectivity index (χ1n) is 11.3. The van der Waals surface area contributed by atoms with Gasteiger partial charge in [-0.1, -0.05) is 32.0 Å². The van der Waals surface area contributed by atoms with E-state index in [1.54, 1.807) is 13.8 Å². The maximum atomic E-state index is 10.6. The van der Waals surface area contributed by atoms with Crippen molar-refractivity contribution in [2.45, 2.75) is 50.9 Å². The smallest absolute Gasteiger partial charge is 0.322 e. The number of carbonyl (C=O) groups is 5. The molecule has 1 amide bonds. The van der Waals surface area contributed by atoms with Crippen LogP contribution in [-0.4, -0.2) is 91.1 Å². The van der Waals surface area contributed by atoms with Gasteiger partial charge in [0.15, 0.2) is 0 Å². The molecule has 0 fully saturated rings. The third kappa shape index (κ3) is 16.4. The highest BCUT2D eigenvalue weighted by atomic mass is 16.4. The van der Waals surface area contributed by atoms with E-state index in [1.807, 2.05) is 30.5 Å². The molecule has 1 heterocycles. The number of fused-ring (bicyclic) bond motifs is 1. The fourth-order valence-electron chi connectivity index (χ4n) is 2.29. The number of hydrogen-bond donors (Lipinski definition) is 11. The number of aliphatic hydroxyl groups excluding tert-OH is 1. The van der Waals surface area contributed by atoms with Gasteiger partial charge in [-0.25, -0.2) is 0 Å². The molecule has 2 aromatic rings. The molecule has 0 saturated heterocycles.